The summed E-state index contributed by atoms with van der Waals surface area (Å²) < 4.78 is 0. The third-order valence-corrected chi connectivity index (χ3v) is 3.10. The quantitative estimate of drug-likeness (QED) is 0.839. The molecule has 1 N–H and O–H groups in total. The highest BCUT2D eigenvalue weighted by Crippen LogP contribution is 2.13. The van der Waals surface area contributed by atoms with Crippen molar-refractivity contribution >= 4 is 12.0 Å². The molecule has 0 aliphatic heterocycles. The van der Waals surface area contributed by atoms with Crippen molar-refractivity contribution < 1.29 is 9.90 Å². The van der Waals surface area contributed by atoms with Crippen LogP contribution in [-0.4, -0.2) is 34.6 Å². The molecule has 20 heavy (non-hydrogen) atoms. The molecule has 0 bridgehead atoms. The number of carbonyl (C=O) groups is 1. The summed E-state index contributed by atoms with van der Waals surface area (Å²) in [5.74, 6) is -0.0744. The zero-order valence-electron chi connectivity index (χ0n) is 13.1. The van der Waals surface area contributed by atoms with Crippen LogP contribution in [0.5, 0.6) is 0 Å². The summed E-state index contributed by atoms with van der Waals surface area (Å²) in [4.78, 5) is 13.8. The van der Waals surface area contributed by atoms with Gasteiger partial charge in [-0.3, -0.25) is 4.79 Å². The minimum Gasteiger partial charge on any atom is -0.389 e. The first-order valence-electron chi connectivity index (χ1n) is 6.99. The van der Waals surface area contributed by atoms with Gasteiger partial charge in [0.2, 0.25) is 5.91 Å². The van der Waals surface area contributed by atoms with E-state index in [0.29, 0.717) is 13.1 Å². The average Bonchev–Trinajstić information content (AvgIpc) is 2.33. The minimum atomic E-state index is -0.876. The molecule has 0 spiro atoms. The van der Waals surface area contributed by atoms with Gasteiger partial charge in [0, 0.05) is 19.2 Å². The summed E-state index contributed by atoms with van der Waals surface area (Å²) in [7, 11) is 0. The second kappa shape index (κ2) is 6.71. The van der Waals surface area contributed by atoms with Crippen molar-refractivity contribution in [3.05, 3.63) is 41.0 Å². The van der Waals surface area contributed by atoms with Gasteiger partial charge in [0.25, 0.3) is 0 Å². The molecule has 3 nitrogen and oxygen atoms in total. The molecule has 0 saturated carbocycles. The van der Waals surface area contributed by atoms with E-state index in [1.54, 1.807) is 24.8 Å². The summed E-state index contributed by atoms with van der Waals surface area (Å²) >= 11 is 0. The van der Waals surface area contributed by atoms with E-state index in [1.807, 2.05) is 39.0 Å². The topological polar surface area (TPSA) is 40.5 Å². The highest BCUT2D eigenvalue weighted by molar-refractivity contribution is 5.92. The largest absolute Gasteiger partial charge is 0.389 e. The van der Waals surface area contributed by atoms with Gasteiger partial charge in [-0.05, 0) is 51.8 Å². The van der Waals surface area contributed by atoms with Crippen LogP contribution >= 0.6 is 0 Å². The summed E-state index contributed by atoms with van der Waals surface area (Å²) in [6.07, 6.45) is 3.41. The van der Waals surface area contributed by atoms with Crippen LogP contribution in [0.1, 0.15) is 37.5 Å². The molecule has 0 radical (unpaired) electrons. The fourth-order valence-electron chi connectivity index (χ4n) is 2.09. The Bertz CT molecular complexity index is 498. The van der Waals surface area contributed by atoms with Gasteiger partial charge < -0.3 is 10.0 Å². The number of amides is 1. The SMILES string of the molecule is CCN(CC(C)(C)O)C(=O)C=Cc1ccc(C)cc1C. The lowest BCUT2D eigenvalue weighted by Gasteiger charge is -2.27. The summed E-state index contributed by atoms with van der Waals surface area (Å²) in [6.45, 7) is 10.3. The zero-order chi connectivity index (χ0) is 15.3. The number of aliphatic hydroxyl groups is 1. The maximum absolute atomic E-state index is 12.1. The minimum absolute atomic E-state index is 0.0744. The Morgan fingerprint density at radius 3 is 2.50 bits per heavy atom. The molecule has 3 heteroatoms. The van der Waals surface area contributed by atoms with Crippen molar-refractivity contribution in [2.75, 3.05) is 13.1 Å². The van der Waals surface area contributed by atoms with Crippen LogP contribution < -0.4 is 0 Å². The number of hydrogen-bond acceptors (Lipinski definition) is 2. The second-order valence-electron chi connectivity index (χ2n) is 5.86. The lowest BCUT2D eigenvalue weighted by atomic mass is 10.1. The standard InChI is InChI=1S/C17H25NO2/c1-6-18(12-17(4,5)20)16(19)10-9-15-8-7-13(2)11-14(15)3/h7-11,20H,6,12H2,1-5H3. The Morgan fingerprint density at radius 2 is 2.00 bits per heavy atom. The Hall–Kier alpha value is -1.61. The summed E-state index contributed by atoms with van der Waals surface area (Å²) in [5, 5.41) is 9.81. The van der Waals surface area contributed by atoms with E-state index in [-0.39, 0.29) is 5.91 Å². The van der Waals surface area contributed by atoms with E-state index in [0.717, 1.165) is 11.1 Å². The number of benzene rings is 1. The first kappa shape index (κ1) is 16.4. The molecular weight excluding hydrogens is 250 g/mol. The van der Waals surface area contributed by atoms with E-state index in [1.165, 1.54) is 5.56 Å². The Kier molecular flexibility index (Phi) is 5.52. The Balaban J connectivity index is 2.80. The maximum atomic E-state index is 12.1. The van der Waals surface area contributed by atoms with Crippen molar-refractivity contribution in [3.63, 3.8) is 0 Å². The van der Waals surface area contributed by atoms with E-state index < -0.39 is 5.60 Å². The molecule has 1 aromatic rings. The maximum Gasteiger partial charge on any atom is 0.246 e. The smallest absolute Gasteiger partial charge is 0.246 e. The first-order valence-corrected chi connectivity index (χ1v) is 6.99. The van der Waals surface area contributed by atoms with Crippen molar-refractivity contribution in [1.29, 1.82) is 0 Å². The molecule has 0 aliphatic carbocycles. The van der Waals surface area contributed by atoms with Crippen LogP contribution in [0, 0.1) is 13.8 Å². The van der Waals surface area contributed by atoms with Crippen molar-refractivity contribution in [3.8, 4) is 0 Å². The summed E-state index contributed by atoms with van der Waals surface area (Å²) in [5.41, 5.74) is 2.53. The van der Waals surface area contributed by atoms with Crippen LogP contribution in [0.2, 0.25) is 0 Å². The van der Waals surface area contributed by atoms with Gasteiger partial charge in [0.1, 0.15) is 0 Å². The fourth-order valence-corrected chi connectivity index (χ4v) is 2.09. The van der Waals surface area contributed by atoms with Gasteiger partial charge >= 0.3 is 0 Å². The summed E-state index contributed by atoms with van der Waals surface area (Å²) in [6, 6.07) is 6.14. The zero-order valence-corrected chi connectivity index (χ0v) is 13.1. The van der Waals surface area contributed by atoms with Gasteiger partial charge in [-0.2, -0.15) is 0 Å². The molecule has 1 amide bonds. The molecule has 1 rings (SSSR count). The van der Waals surface area contributed by atoms with Crippen molar-refractivity contribution in [2.45, 2.75) is 40.2 Å². The van der Waals surface area contributed by atoms with Gasteiger partial charge in [-0.15, -0.1) is 0 Å². The molecule has 1 aromatic carbocycles. The molecule has 0 saturated heterocycles. The number of carbonyl (C=O) groups excluding carboxylic acids is 1. The van der Waals surface area contributed by atoms with Gasteiger partial charge in [0.15, 0.2) is 0 Å². The molecule has 0 fully saturated rings. The molecule has 0 atom stereocenters. The second-order valence-corrected chi connectivity index (χ2v) is 5.86. The van der Waals surface area contributed by atoms with E-state index in [4.69, 9.17) is 0 Å². The lowest BCUT2D eigenvalue weighted by molar-refractivity contribution is -0.128. The number of nitrogens with zero attached hydrogens (tertiary/aromatic N) is 1. The van der Waals surface area contributed by atoms with E-state index >= 15 is 0 Å². The molecular formula is C17H25NO2. The predicted molar refractivity (Wildman–Crippen MR) is 83.5 cm³/mol. The Labute approximate surface area is 121 Å². The number of rotatable bonds is 5. The molecule has 0 aliphatic rings. The van der Waals surface area contributed by atoms with E-state index in [2.05, 4.69) is 6.07 Å². The van der Waals surface area contributed by atoms with Crippen LogP contribution in [0.15, 0.2) is 24.3 Å². The molecule has 0 unspecified atom stereocenters. The van der Waals surface area contributed by atoms with Gasteiger partial charge in [0.05, 0.1) is 5.60 Å². The number of aryl methyl sites for hydroxylation is 2. The predicted octanol–water partition coefficient (Wildman–Crippen LogP) is 2.94. The fraction of sp³-hybridized carbons (Fsp3) is 0.471. The molecule has 0 aromatic heterocycles. The normalized spacial score (nSPS) is 11.9. The van der Waals surface area contributed by atoms with Crippen LogP contribution in [0.4, 0.5) is 0 Å². The average molecular weight is 275 g/mol. The van der Waals surface area contributed by atoms with Gasteiger partial charge in [-0.25, -0.2) is 0 Å². The van der Waals surface area contributed by atoms with Crippen molar-refractivity contribution in [1.82, 2.24) is 4.90 Å². The monoisotopic (exact) mass is 275 g/mol. The van der Waals surface area contributed by atoms with Crippen LogP contribution in [0.3, 0.4) is 0 Å². The molecule has 0 heterocycles. The van der Waals surface area contributed by atoms with Crippen LogP contribution in [-0.2, 0) is 4.79 Å². The number of likely N-dealkylation sites (N-methyl/N-ethyl adjacent to an activating group) is 1. The van der Waals surface area contributed by atoms with Crippen molar-refractivity contribution in [2.24, 2.45) is 0 Å². The lowest BCUT2D eigenvalue weighted by Crippen LogP contribution is -2.41. The highest BCUT2D eigenvalue weighted by Gasteiger charge is 2.19. The Morgan fingerprint density at radius 1 is 1.35 bits per heavy atom. The third kappa shape index (κ3) is 5.17. The van der Waals surface area contributed by atoms with Crippen LogP contribution in [0.25, 0.3) is 6.08 Å². The molecule has 110 valence electrons. The third-order valence-electron chi connectivity index (χ3n) is 3.10. The first-order chi connectivity index (χ1) is 9.23. The van der Waals surface area contributed by atoms with E-state index in [9.17, 15) is 9.90 Å². The highest BCUT2D eigenvalue weighted by atomic mass is 16.3. The number of hydrogen-bond donors (Lipinski definition) is 1. The van der Waals surface area contributed by atoms with Gasteiger partial charge in [-0.1, -0.05) is 23.8 Å².